The molecule has 1 saturated carbocycles. The molecule has 3 atom stereocenters. The molecule has 4 aliphatic rings. The molecule has 0 radical (unpaired) electrons. The van der Waals surface area contributed by atoms with Crippen molar-refractivity contribution in [2.45, 2.75) is 55.8 Å². The van der Waals surface area contributed by atoms with Gasteiger partial charge in [-0.15, -0.1) is 11.3 Å². The lowest BCUT2D eigenvalue weighted by Crippen LogP contribution is -2.62. The highest BCUT2D eigenvalue weighted by molar-refractivity contribution is 7.14. The van der Waals surface area contributed by atoms with Crippen LogP contribution in [0.25, 0.3) is 21.7 Å². The van der Waals surface area contributed by atoms with Crippen LogP contribution in [-0.4, -0.2) is 116 Å². The lowest BCUT2D eigenvalue weighted by atomic mass is 9.80. The van der Waals surface area contributed by atoms with Crippen molar-refractivity contribution < 1.29 is 23.9 Å². The van der Waals surface area contributed by atoms with Crippen LogP contribution in [0.15, 0.2) is 34.8 Å². The summed E-state index contributed by atoms with van der Waals surface area (Å²) in [6, 6.07) is 5.86. The molecule has 4 fully saturated rings. The Morgan fingerprint density at radius 1 is 1.18 bits per heavy atom. The number of fused-ring (bicyclic) bond motifs is 1. The first-order chi connectivity index (χ1) is 21.4. The predicted octanol–water partition coefficient (Wildman–Crippen LogP) is 2.87. The van der Waals surface area contributed by atoms with E-state index in [1.54, 1.807) is 30.6 Å². The van der Waals surface area contributed by atoms with Crippen LogP contribution in [-0.2, 0) is 19.1 Å². The van der Waals surface area contributed by atoms with E-state index in [1.807, 2.05) is 17.5 Å². The van der Waals surface area contributed by atoms with Gasteiger partial charge in [-0.05, 0) is 30.5 Å². The summed E-state index contributed by atoms with van der Waals surface area (Å²) in [5.41, 5.74) is 10.1. The standard InChI is InChI=1S/C30H38N8O5S/c1-42-16-15-36-11-13-37(14-12-36)29-32-23(19-44-29)20-5-7-21(8-6-20)27(40)33-30(9-3-2-4-10-30)28(41)38-17-22(34-35-31)26-25(38)24(39)18-43-26/h5-8,19,22,25-26H,2-4,9-18H2,1H3,(H,33,40)/t22-,25+,26-/m0/s1. The summed E-state index contributed by atoms with van der Waals surface area (Å²) >= 11 is 1.62. The van der Waals surface area contributed by atoms with Gasteiger partial charge in [0.05, 0.1) is 24.4 Å². The Hall–Kier alpha value is -3.55. The molecule has 14 heteroatoms. The van der Waals surface area contributed by atoms with E-state index in [4.69, 9.17) is 20.0 Å². The Labute approximate surface area is 260 Å². The summed E-state index contributed by atoms with van der Waals surface area (Å²) in [5.74, 6) is -0.851. The van der Waals surface area contributed by atoms with Crippen LogP contribution in [0.1, 0.15) is 42.5 Å². The number of ketones is 1. The monoisotopic (exact) mass is 622 g/mol. The van der Waals surface area contributed by atoms with Gasteiger partial charge in [0.15, 0.2) is 10.9 Å². The number of carbonyl (C=O) groups excluding carboxylic acids is 3. The highest BCUT2D eigenvalue weighted by Crippen LogP contribution is 2.36. The van der Waals surface area contributed by atoms with Crippen molar-refractivity contribution in [3.8, 4) is 11.3 Å². The molecule has 2 aromatic rings. The van der Waals surface area contributed by atoms with Crippen molar-refractivity contribution >= 4 is 34.1 Å². The maximum Gasteiger partial charge on any atom is 0.252 e. The molecular formula is C30H38N8O5S. The van der Waals surface area contributed by atoms with Gasteiger partial charge in [0.1, 0.15) is 18.2 Å². The molecule has 0 bridgehead atoms. The highest BCUT2D eigenvalue weighted by atomic mass is 32.1. The molecule has 2 amide bonds. The zero-order valence-corrected chi connectivity index (χ0v) is 25.7. The summed E-state index contributed by atoms with van der Waals surface area (Å²) in [4.78, 5) is 54.3. The largest absolute Gasteiger partial charge is 0.383 e. The minimum atomic E-state index is -1.13. The molecule has 0 unspecified atom stereocenters. The quantitative estimate of drug-likeness (QED) is 0.255. The van der Waals surface area contributed by atoms with E-state index in [0.717, 1.165) is 75.0 Å². The molecule has 13 nitrogen and oxygen atoms in total. The van der Waals surface area contributed by atoms with E-state index in [-0.39, 0.29) is 30.7 Å². The van der Waals surface area contributed by atoms with Gasteiger partial charge in [0, 0.05) is 67.8 Å². The Morgan fingerprint density at radius 3 is 2.64 bits per heavy atom. The Kier molecular flexibility index (Phi) is 9.15. The fourth-order valence-corrected chi connectivity index (χ4v) is 7.73. The zero-order chi connectivity index (χ0) is 30.7. The van der Waals surface area contributed by atoms with Crippen molar-refractivity contribution in [1.82, 2.24) is 20.1 Å². The number of hydrogen-bond acceptors (Lipinski definition) is 10. The molecule has 1 aromatic carbocycles. The van der Waals surface area contributed by atoms with E-state index >= 15 is 0 Å². The summed E-state index contributed by atoms with van der Waals surface area (Å²) in [5, 5.41) is 9.89. The number of Topliss-reactive ketones (excluding diaryl/α,β-unsaturated/α-hetero) is 1. The van der Waals surface area contributed by atoms with Crippen LogP contribution in [0, 0.1) is 0 Å². The van der Waals surface area contributed by atoms with Crippen LogP contribution < -0.4 is 10.2 Å². The summed E-state index contributed by atoms with van der Waals surface area (Å²) in [6.45, 7) is 5.44. The molecule has 3 aliphatic heterocycles. The van der Waals surface area contributed by atoms with Crippen LogP contribution in [0.4, 0.5) is 5.13 Å². The van der Waals surface area contributed by atoms with E-state index in [0.29, 0.717) is 18.4 Å². The summed E-state index contributed by atoms with van der Waals surface area (Å²) in [6.07, 6.45) is 2.84. The lowest BCUT2D eigenvalue weighted by Gasteiger charge is -2.40. The third-order valence-corrected chi connectivity index (χ3v) is 10.2. The first-order valence-corrected chi connectivity index (χ1v) is 16.1. The molecule has 3 saturated heterocycles. The first-order valence-electron chi connectivity index (χ1n) is 15.3. The number of methoxy groups -OCH3 is 1. The zero-order valence-electron chi connectivity index (χ0n) is 24.9. The van der Waals surface area contributed by atoms with E-state index in [9.17, 15) is 14.4 Å². The second-order valence-corrected chi connectivity index (χ2v) is 12.8. The molecule has 1 aromatic heterocycles. The van der Waals surface area contributed by atoms with E-state index in [1.165, 1.54) is 4.90 Å². The van der Waals surface area contributed by atoms with Crippen molar-refractivity contribution in [2.24, 2.45) is 5.11 Å². The number of aromatic nitrogens is 1. The maximum absolute atomic E-state index is 14.1. The van der Waals surface area contributed by atoms with Crippen LogP contribution in [0.5, 0.6) is 0 Å². The van der Waals surface area contributed by atoms with Crippen LogP contribution in [0.2, 0.25) is 0 Å². The number of likely N-dealkylation sites (tertiary alicyclic amines) is 1. The third-order valence-electron chi connectivity index (χ3n) is 9.28. The number of nitrogens with one attached hydrogen (secondary N) is 1. The number of hydrogen-bond donors (Lipinski definition) is 1. The van der Waals surface area contributed by atoms with Crippen LogP contribution >= 0.6 is 11.3 Å². The van der Waals surface area contributed by atoms with Crippen molar-refractivity contribution in [2.75, 3.05) is 64.5 Å². The number of anilines is 1. The van der Waals surface area contributed by atoms with Gasteiger partial charge >= 0.3 is 0 Å². The Morgan fingerprint density at radius 2 is 1.93 bits per heavy atom. The summed E-state index contributed by atoms with van der Waals surface area (Å²) < 4.78 is 10.8. The lowest BCUT2D eigenvalue weighted by molar-refractivity contribution is -0.143. The number of thiazole rings is 1. The number of benzene rings is 1. The average Bonchev–Trinajstić information content (AvgIpc) is 3.78. The van der Waals surface area contributed by atoms with Crippen molar-refractivity contribution in [3.05, 3.63) is 45.7 Å². The Bertz CT molecular complexity index is 1410. The third kappa shape index (κ3) is 6.04. The first kappa shape index (κ1) is 30.5. The fourth-order valence-electron chi connectivity index (χ4n) is 6.84. The number of ether oxygens (including phenoxy) is 2. The fraction of sp³-hybridized carbons (Fsp3) is 0.600. The molecule has 234 valence electrons. The van der Waals surface area contributed by atoms with Gasteiger partial charge in [-0.1, -0.05) is 36.5 Å². The normalized spacial score (nSPS) is 25.0. The highest BCUT2D eigenvalue weighted by Gasteiger charge is 2.56. The molecule has 44 heavy (non-hydrogen) atoms. The number of nitrogens with zero attached hydrogens (tertiary/aromatic N) is 7. The molecule has 6 rings (SSSR count). The van der Waals surface area contributed by atoms with Gasteiger partial charge < -0.3 is 24.6 Å². The van der Waals surface area contributed by atoms with Gasteiger partial charge in [0.2, 0.25) is 5.91 Å². The predicted molar refractivity (Wildman–Crippen MR) is 165 cm³/mol. The molecule has 4 heterocycles. The number of carbonyl (C=O) groups is 3. The second-order valence-electron chi connectivity index (χ2n) is 11.9. The number of rotatable bonds is 9. The van der Waals surface area contributed by atoms with E-state index in [2.05, 4.69) is 25.1 Å². The number of amides is 2. The topological polar surface area (TPSA) is 153 Å². The minimum absolute atomic E-state index is 0.0927. The molecule has 1 aliphatic carbocycles. The van der Waals surface area contributed by atoms with Gasteiger partial charge in [-0.2, -0.15) is 0 Å². The summed E-state index contributed by atoms with van der Waals surface area (Å²) in [7, 11) is 1.73. The van der Waals surface area contributed by atoms with Crippen molar-refractivity contribution in [3.63, 3.8) is 0 Å². The molecule has 1 N–H and O–H groups in total. The van der Waals surface area contributed by atoms with Gasteiger partial charge in [-0.3, -0.25) is 19.3 Å². The van der Waals surface area contributed by atoms with E-state index < -0.39 is 23.7 Å². The van der Waals surface area contributed by atoms with Gasteiger partial charge in [0.25, 0.3) is 5.91 Å². The maximum atomic E-state index is 14.1. The number of piperazine rings is 1. The minimum Gasteiger partial charge on any atom is -0.383 e. The smallest absolute Gasteiger partial charge is 0.252 e. The van der Waals surface area contributed by atoms with Crippen LogP contribution in [0.3, 0.4) is 0 Å². The van der Waals surface area contributed by atoms with Gasteiger partial charge in [-0.25, -0.2) is 4.98 Å². The molecular weight excluding hydrogens is 584 g/mol. The average molecular weight is 623 g/mol. The Balaban J connectivity index is 1.13. The van der Waals surface area contributed by atoms with Crippen molar-refractivity contribution in [1.29, 1.82) is 0 Å². The SMILES string of the molecule is COCCN1CCN(c2nc(-c3ccc(C(=O)NC4(C(=O)N5C[C@H](N=[N+]=[N-])[C@@H]6OCC(=O)[C@H]65)CCCCC4)cc3)cs2)CC1. The number of azide groups is 1. The second kappa shape index (κ2) is 13.2. The molecule has 0 spiro atoms.